The highest BCUT2D eigenvalue weighted by atomic mass is 16.5. The summed E-state index contributed by atoms with van der Waals surface area (Å²) in [5, 5.41) is 0. The molecule has 2 aromatic rings. The minimum atomic E-state index is -0.297. The van der Waals surface area contributed by atoms with Crippen LogP contribution in [0.3, 0.4) is 0 Å². The summed E-state index contributed by atoms with van der Waals surface area (Å²) in [6.45, 7) is 6.22. The molecule has 0 bridgehead atoms. The highest BCUT2D eigenvalue weighted by Gasteiger charge is 2.23. The van der Waals surface area contributed by atoms with Gasteiger partial charge in [0.1, 0.15) is 23.0 Å². The number of methoxy groups -OCH3 is 1. The fraction of sp³-hybridized carbons (Fsp3) is 0.559. The van der Waals surface area contributed by atoms with Gasteiger partial charge in [-0.3, -0.25) is 14.4 Å². The van der Waals surface area contributed by atoms with E-state index in [0.717, 1.165) is 49.0 Å². The summed E-state index contributed by atoms with van der Waals surface area (Å²) in [6.07, 6.45) is 7.16. The molecule has 0 saturated carbocycles. The van der Waals surface area contributed by atoms with Gasteiger partial charge in [-0.15, -0.1) is 0 Å². The molecule has 0 spiro atoms. The third-order valence-corrected chi connectivity index (χ3v) is 7.13. The minimum absolute atomic E-state index is 0.127. The Bertz CT molecular complexity index is 1190. The van der Waals surface area contributed by atoms with Crippen LogP contribution in [-0.4, -0.2) is 57.9 Å². The number of hydrogen-bond acceptors (Lipinski definition) is 9. The van der Waals surface area contributed by atoms with E-state index in [9.17, 15) is 14.4 Å². The fourth-order valence-corrected chi connectivity index (χ4v) is 4.92. The number of carbonyl (C=O) groups is 3. The zero-order valence-electron chi connectivity index (χ0n) is 25.9. The van der Waals surface area contributed by atoms with Gasteiger partial charge >= 0.3 is 11.9 Å². The zero-order valence-corrected chi connectivity index (χ0v) is 25.9. The van der Waals surface area contributed by atoms with Crippen LogP contribution < -0.4 is 18.9 Å². The lowest BCUT2D eigenvalue weighted by molar-refractivity contribution is -0.143. The van der Waals surface area contributed by atoms with Gasteiger partial charge in [-0.1, -0.05) is 19.4 Å². The Morgan fingerprint density at radius 2 is 1.42 bits per heavy atom. The minimum Gasteiger partial charge on any atom is -0.493 e. The van der Waals surface area contributed by atoms with Crippen molar-refractivity contribution in [1.29, 1.82) is 0 Å². The van der Waals surface area contributed by atoms with E-state index in [1.165, 1.54) is 7.11 Å². The van der Waals surface area contributed by atoms with Crippen LogP contribution in [0.2, 0.25) is 0 Å². The molecule has 0 aliphatic carbocycles. The predicted molar refractivity (Wildman–Crippen MR) is 162 cm³/mol. The van der Waals surface area contributed by atoms with E-state index in [4.69, 9.17) is 28.4 Å². The van der Waals surface area contributed by atoms with Gasteiger partial charge < -0.3 is 28.4 Å². The van der Waals surface area contributed by atoms with Gasteiger partial charge in [-0.25, -0.2) is 0 Å². The Kier molecular flexibility index (Phi) is 14.7. The van der Waals surface area contributed by atoms with Crippen molar-refractivity contribution >= 4 is 17.7 Å². The number of rotatable bonds is 20. The van der Waals surface area contributed by atoms with Crippen molar-refractivity contribution < 1.29 is 42.8 Å². The number of fused-ring (bicyclic) bond motifs is 1. The van der Waals surface area contributed by atoms with E-state index >= 15 is 0 Å². The van der Waals surface area contributed by atoms with Crippen LogP contribution in [0, 0.1) is 0 Å². The van der Waals surface area contributed by atoms with Gasteiger partial charge in [-0.2, -0.15) is 0 Å². The summed E-state index contributed by atoms with van der Waals surface area (Å²) in [5.74, 6) is 2.47. The van der Waals surface area contributed by atoms with Crippen LogP contribution in [-0.2, 0) is 31.9 Å². The van der Waals surface area contributed by atoms with Crippen molar-refractivity contribution in [2.24, 2.45) is 0 Å². The number of ether oxygens (including phenoxy) is 6. The van der Waals surface area contributed by atoms with Crippen LogP contribution in [0.4, 0.5) is 0 Å². The molecule has 3 rings (SSSR count). The Labute approximate surface area is 255 Å². The predicted octanol–water partition coefficient (Wildman–Crippen LogP) is 6.45. The summed E-state index contributed by atoms with van der Waals surface area (Å²) >= 11 is 0. The van der Waals surface area contributed by atoms with Crippen molar-refractivity contribution in [1.82, 2.24) is 0 Å². The van der Waals surface area contributed by atoms with E-state index < -0.39 is 0 Å². The molecule has 0 fully saturated rings. The molecule has 2 aromatic carbocycles. The second-order valence-electron chi connectivity index (χ2n) is 10.4. The lowest BCUT2D eigenvalue weighted by Crippen LogP contribution is -2.17. The molecular formula is C34H46O9. The highest BCUT2D eigenvalue weighted by Crippen LogP contribution is 2.36. The molecule has 9 heteroatoms. The molecule has 1 aliphatic rings. The van der Waals surface area contributed by atoms with Gasteiger partial charge in [0.15, 0.2) is 5.78 Å². The van der Waals surface area contributed by atoms with Gasteiger partial charge in [0.2, 0.25) is 0 Å². The third-order valence-electron chi connectivity index (χ3n) is 7.13. The van der Waals surface area contributed by atoms with Crippen molar-refractivity contribution in [2.75, 3.05) is 40.1 Å². The fourth-order valence-electron chi connectivity index (χ4n) is 4.92. The molecular weight excluding hydrogens is 552 g/mol. The molecule has 236 valence electrons. The standard InChI is InChI=1S/C34H46O9/c1-4-12-27-31(18-16-25-28(35)20-24-43-34(25)27)42-22-9-6-8-21-40-29-13-11-14-30(26(29)17-19-32(36)38-3)41-23-10-7-15-33(37)39-5-2/h11,13-14,16,18H,4-10,12,15,17,19-24H2,1-3H3. The first-order valence-electron chi connectivity index (χ1n) is 15.5. The van der Waals surface area contributed by atoms with Gasteiger partial charge in [0.25, 0.3) is 0 Å². The number of ketones is 1. The van der Waals surface area contributed by atoms with Gasteiger partial charge in [0.05, 0.1) is 45.7 Å². The first kappa shape index (κ1) is 33.7. The summed E-state index contributed by atoms with van der Waals surface area (Å²) in [5.41, 5.74) is 2.48. The average molecular weight is 599 g/mol. The van der Waals surface area contributed by atoms with Gasteiger partial charge in [0, 0.05) is 30.4 Å². The van der Waals surface area contributed by atoms with E-state index in [0.29, 0.717) is 88.0 Å². The van der Waals surface area contributed by atoms with Crippen LogP contribution in [0.1, 0.15) is 93.1 Å². The molecule has 1 aliphatic heterocycles. The lowest BCUT2D eigenvalue weighted by Gasteiger charge is -2.22. The maximum absolute atomic E-state index is 12.3. The summed E-state index contributed by atoms with van der Waals surface area (Å²) in [7, 11) is 1.38. The second kappa shape index (κ2) is 18.7. The Balaban J connectivity index is 1.47. The van der Waals surface area contributed by atoms with Crippen LogP contribution in [0.15, 0.2) is 30.3 Å². The van der Waals surface area contributed by atoms with Crippen molar-refractivity contribution in [3.8, 4) is 23.0 Å². The first-order valence-corrected chi connectivity index (χ1v) is 15.5. The zero-order chi connectivity index (χ0) is 30.9. The van der Waals surface area contributed by atoms with Crippen LogP contribution >= 0.6 is 0 Å². The van der Waals surface area contributed by atoms with Crippen LogP contribution in [0.5, 0.6) is 23.0 Å². The summed E-state index contributed by atoms with van der Waals surface area (Å²) in [4.78, 5) is 35.7. The monoisotopic (exact) mass is 598 g/mol. The molecule has 0 unspecified atom stereocenters. The lowest BCUT2D eigenvalue weighted by atomic mass is 9.98. The number of benzene rings is 2. The van der Waals surface area contributed by atoms with E-state index in [1.807, 2.05) is 30.3 Å². The summed E-state index contributed by atoms with van der Waals surface area (Å²) in [6, 6.07) is 9.35. The number of Topliss-reactive ketones (excluding diaryl/α,β-unsaturated/α-hetero) is 1. The van der Waals surface area contributed by atoms with Crippen molar-refractivity contribution in [2.45, 2.75) is 84.5 Å². The maximum atomic E-state index is 12.3. The van der Waals surface area contributed by atoms with Crippen molar-refractivity contribution in [3.05, 3.63) is 47.0 Å². The molecule has 43 heavy (non-hydrogen) atoms. The molecule has 0 N–H and O–H groups in total. The Morgan fingerprint density at radius 3 is 2.05 bits per heavy atom. The topological polar surface area (TPSA) is 107 Å². The van der Waals surface area contributed by atoms with Crippen LogP contribution in [0.25, 0.3) is 0 Å². The molecule has 0 amide bonds. The number of hydrogen-bond donors (Lipinski definition) is 0. The maximum Gasteiger partial charge on any atom is 0.305 e. The molecule has 0 aromatic heterocycles. The molecule has 0 saturated heterocycles. The first-order chi connectivity index (χ1) is 21.0. The third kappa shape index (κ3) is 10.8. The number of carbonyl (C=O) groups excluding carboxylic acids is 3. The average Bonchev–Trinajstić information content (AvgIpc) is 3.01. The van der Waals surface area contributed by atoms with E-state index in [1.54, 1.807) is 6.92 Å². The number of unbranched alkanes of at least 4 members (excludes halogenated alkanes) is 3. The number of esters is 2. The Hall–Kier alpha value is -3.75. The largest absolute Gasteiger partial charge is 0.493 e. The second-order valence-corrected chi connectivity index (χ2v) is 10.4. The SMILES string of the molecule is CCCc1c(OCCCCCOc2cccc(OCCCCC(=O)OCC)c2CCC(=O)OC)ccc2c1OCCC2=O. The van der Waals surface area contributed by atoms with Crippen molar-refractivity contribution in [3.63, 3.8) is 0 Å². The quantitative estimate of drug-likeness (QED) is 0.126. The summed E-state index contributed by atoms with van der Waals surface area (Å²) < 4.78 is 33.9. The molecule has 0 atom stereocenters. The Morgan fingerprint density at radius 1 is 0.767 bits per heavy atom. The molecule has 9 nitrogen and oxygen atoms in total. The normalized spacial score (nSPS) is 12.2. The van der Waals surface area contributed by atoms with E-state index in [2.05, 4.69) is 6.92 Å². The smallest absolute Gasteiger partial charge is 0.305 e. The van der Waals surface area contributed by atoms with E-state index in [-0.39, 0.29) is 24.1 Å². The molecule has 0 radical (unpaired) electrons. The highest BCUT2D eigenvalue weighted by molar-refractivity contribution is 6.00. The van der Waals surface area contributed by atoms with Gasteiger partial charge in [-0.05, 0) is 76.1 Å². The molecule has 1 heterocycles.